The number of carbonyl (C=O) groups excluding carboxylic acids is 1. The van der Waals surface area contributed by atoms with Crippen molar-refractivity contribution in [3.63, 3.8) is 0 Å². The lowest BCUT2D eigenvalue weighted by Crippen LogP contribution is -2.06. The zero-order valence-electron chi connectivity index (χ0n) is 6.55. The molecule has 0 atom stereocenters. The molecule has 3 heteroatoms. The molecule has 12 heavy (non-hydrogen) atoms. The fourth-order valence-corrected chi connectivity index (χ4v) is 0.885. The van der Waals surface area contributed by atoms with Crippen molar-refractivity contribution in [1.82, 2.24) is 0 Å². The highest BCUT2D eigenvalue weighted by Crippen LogP contribution is 2.26. The van der Waals surface area contributed by atoms with Crippen molar-refractivity contribution in [3.05, 3.63) is 35.4 Å². The van der Waals surface area contributed by atoms with Gasteiger partial charge in [0.15, 0.2) is 0 Å². The van der Waals surface area contributed by atoms with Crippen molar-refractivity contribution in [2.45, 2.75) is 12.8 Å². The molecule has 0 saturated carbocycles. The van der Waals surface area contributed by atoms with Crippen molar-refractivity contribution < 1.29 is 13.6 Å². The Morgan fingerprint density at radius 3 is 2.58 bits per heavy atom. The zero-order chi connectivity index (χ0) is 9.19. The quantitative estimate of drug-likeness (QED) is 0.623. The van der Waals surface area contributed by atoms with E-state index >= 15 is 0 Å². The molecule has 0 aliphatic carbocycles. The van der Waals surface area contributed by atoms with Gasteiger partial charge in [0, 0.05) is 18.1 Å². The van der Waals surface area contributed by atoms with Crippen molar-refractivity contribution in [3.8, 4) is 0 Å². The second-order valence-corrected chi connectivity index (χ2v) is 2.63. The fourth-order valence-electron chi connectivity index (χ4n) is 0.885. The molecule has 1 aromatic rings. The van der Waals surface area contributed by atoms with Gasteiger partial charge in [-0.3, -0.25) is 4.79 Å². The second-order valence-electron chi connectivity index (χ2n) is 2.63. The van der Waals surface area contributed by atoms with E-state index in [1.807, 2.05) is 0 Å². The molecule has 64 valence electrons. The molecule has 0 saturated heterocycles. The minimum absolute atomic E-state index is 0.132. The Labute approximate surface area is 69.0 Å². The summed E-state index contributed by atoms with van der Waals surface area (Å²) < 4.78 is 25.3. The topological polar surface area (TPSA) is 17.1 Å². The van der Waals surface area contributed by atoms with Gasteiger partial charge in [-0.05, 0) is 6.07 Å². The Bertz CT molecular complexity index is 289. The Morgan fingerprint density at radius 2 is 2.08 bits per heavy atom. The van der Waals surface area contributed by atoms with E-state index in [4.69, 9.17) is 0 Å². The minimum Gasteiger partial charge on any atom is -0.298 e. The van der Waals surface area contributed by atoms with E-state index < -0.39 is 5.92 Å². The summed E-state index contributed by atoms with van der Waals surface area (Å²) in [6.45, 7) is 0.802. The van der Waals surface area contributed by atoms with Gasteiger partial charge in [0.25, 0.3) is 5.92 Å². The summed E-state index contributed by atoms with van der Waals surface area (Å²) >= 11 is 0. The highest BCUT2D eigenvalue weighted by atomic mass is 19.3. The van der Waals surface area contributed by atoms with Gasteiger partial charge in [-0.15, -0.1) is 0 Å². The highest BCUT2D eigenvalue weighted by Gasteiger charge is 2.23. The lowest BCUT2D eigenvalue weighted by Gasteiger charge is -2.09. The summed E-state index contributed by atoms with van der Waals surface area (Å²) in [6.07, 6.45) is 0.551. The molecule has 0 bridgehead atoms. The Hall–Kier alpha value is -1.25. The van der Waals surface area contributed by atoms with E-state index in [2.05, 4.69) is 0 Å². The number of benzene rings is 1. The third kappa shape index (κ3) is 1.87. The number of halogens is 2. The zero-order valence-corrected chi connectivity index (χ0v) is 6.55. The third-order valence-electron chi connectivity index (χ3n) is 1.53. The van der Waals surface area contributed by atoms with Crippen molar-refractivity contribution >= 4 is 6.29 Å². The molecule has 0 amide bonds. The van der Waals surface area contributed by atoms with Crippen LogP contribution in [0.2, 0.25) is 0 Å². The molecule has 0 fully saturated rings. The van der Waals surface area contributed by atoms with E-state index in [-0.39, 0.29) is 11.1 Å². The molecule has 0 aliphatic rings. The summed E-state index contributed by atoms with van der Waals surface area (Å²) in [5.74, 6) is -2.88. The largest absolute Gasteiger partial charge is 0.298 e. The van der Waals surface area contributed by atoms with E-state index in [1.54, 1.807) is 0 Å². The van der Waals surface area contributed by atoms with Crippen LogP contribution in [-0.2, 0) is 5.92 Å². The molecule has 0 heterocycles. The number of carbonyl (C=O) groups is 1. The van der Waals surface area contributed by atoms with E-state index in [1.165, 1.54) is 24.3 Å². The van der Waals surface area contributed by atoms with Gasteiger partial charge >= 0.3 is 0 Å². The molecular weight excluding hydrogens is 162 g/mol. The Morgan fingerprint density at radius 1 is 1.42 bits per heavy atom. The third-order valence-corrected chi connectivity index (χ3v) is 1.53. The van der Waals surface area contributed by atoms with Crippen LogP contribution in [0.4, 0.5) is 8.78 Å². The first kappa shape index (κ1) is 8.84. The van der Waals surface area contributed by atoms with Crippen LogP contribution in [0.25, 0.3) is 0 Å². The van der Waals surface area contributed by atoms with Crippen LogP contribution >= 0.6 is 0 Å². The molecule has 1 nitrogen and oxygen atoms in total. The average Bonchev–Trinajstić information content (AvgIpc) is 2.03. The normalized spacial score (nSPS) is 11.2. The maximum Gasteiger partial charge on any atom is 0.270 e. The van der Waals surface area contributed by atoms with Crippen LogP contribution in [0.3, 0.4) is 0 Å². The summed E-state index contributed by atoms with van der Waals surface area (Å²) in [7, 11) is 0. The second kappa shape index (κ2) is 3.01. The van der Waals surface area contributed by atoms with Gasteiger partial charge in [0.1, 0.15) is 6.29 Å². The van der Waals surface area contributed by atoms with Crippen molar-refractivity contribution in [2.75, 3.05) is 0 Å². The lowest BCUT2D eigenvalue weighted by molar-refractivity contribution is 0.0174. The maximum atomic E-state index is 12.7. The maximum absolute atomic E-state index is 12.7. The molecule has 0 spiro atoms. The average molecular weight is 170 g/mol. The fraction of sp³-hybridized carbons (Fsp3) is 0.222. The number of rotatable bonds is 2. The number of hydrogen-bond donors (Lipinski definition) is 0. The minimum atomic E-state index is -2.88. The molecule has 0 N–H and O–H groups in total. The van der Waals surface area contributed by atoms with E-state index in [0.717, 1.165) is 6.92 Å². The standard InChI is InChI=1S/C9H8F2O/c1-9(10,11)8-4-2-3-7(5-8)6-12/h2-6H,1H3. The number of hydrogen-bond acceptors (Lipinski definition) is 1. The van der Waals surface area contributed by atoms with E-state index in [0.29, 0.717) is 6.29 Å². The van der Waals surface area contributed by atoms with E-state index in [9.17, 15) is 13.6 Å². The van der Waals surface area contributed by atoms with Gasteiger partial charge in [-0.2, -0.15) is 0 Å². The Balaban J connectivity index is 3.10. The van der Waals surface area contributed by atoms with Gasteiger partial charge in [-0.25, -0.2) is 8.78 Å². The lowest BCUT2D eigenvalue weighted by atomic mass is 10.1. The summed E-state index contributed by atoms with van der Waals surface area (Å²) in [5.41, 5.74) is 0.140. The predicted molar refractivity (Wildman–Crippen MR) is 41.4 cm³/mol. The van der Waals surface area contributed by atoms with Gasteiger partial charge in [0.05, 0.1) is 0 Å². The highest BCUT2D eigenvalue weighted by molar-refractivity contribution is 5.75. The van der Waals surface area contributed by atoms with Crippen LogP contribution in [-0.4, -0.2) is 6.29 Å². The van der Waals surface area contributed by atoms with Crippen LogP contribution in [0.1, 0.15) is 22.8 Å². The van der Waals surface area contributed by atoms with Crippen LogP contribution < -0.4 is 0 Å². The molecule has 1 rings (SSSR count). The van der Waals surface area contributed by atoms with Crippen LogP contribution in [0.5, 0.6) is 0 Å². The molecular formula is C9H8F2O. The van der Waals surface area contributed by atoms with Gasteiger partial charge in [-0.1, -0.05) is 18.2 Å². The summed E-state index contributed by atoms with van der Waals surface area (Å²) in [5, 5.41) is 0. The first-order chi connectivity index (χ1) is 5.54. The van der Waals surface area contributed by atoms with Crippen molar-refractivity contribution in [1.29, 1.82) is 0 Å². The molecule has 0 unspecified atom stereocenters. The number of aldehydes is 1. The molecule has 1 aromatic carbocycles. The van der Waals surface area contributed by atoms with Crippen LogP contribution in [0, 0.1) is 0 Å². The molecule has 0 radical (unpaired) electrons. The molecule has 0 aromatic heterocycles. The van der Waals surface area contributed by atoms with Crippen molar-refractivity contribution in [2.24, 2.45) is 0 Å². The Kier molecular flexibility index (Phi) is 2.22. The first-order valence-electron chi connectivity index (χ1n) is 3.47. The smallest absolute Gasteiger partial charge is 0.270 e. The molecule has 0 aliphatic heterocycles. The summed E-state index contributed by atoms with van der Waals surface area (Å²) in [4.78, 5) is 10.2. The summed E-state index contributed by atoms with van der Waals surface area (Å²) in [6, 6.07) is 5.42. The van der Waals surface area contributed by atoms with Crippen LogP contribution in [0.15, 0.2) is 24.3 Å². The predicted octanol–water partition coefficient (Wildman–Crippen LogP) is 2.61. The SMILES string of the molecule is CC(F)(F)c1cccc(C=O)c1. The first-order valence-corrected chi connectivity index (χ1v) is 3.47. The number of alkyl halides is 2. The van der Waals surface area contributed by atoms with Gasteiger partial charge < -0.3 is 0 Å². The van der Waals surface area contributed by atoms with Gasteiger partial charge in [0.2, 0.25) is 0 Å². The monoisotopic (exact) mass is 170 g/mol.